The minimum Gasteiger partial charge on any atom is -0.481 e. The predicted molar refractivity (Wildman–Crippen MR) is 79.9 cm³/mol. The van der Waals surface area contributed by atoms with E-state index in [9.17, 15) is 4.79 Å². The summed E-state index contributed by atoms with van der Waals surface area (Å²) in [5.74, 6) is -0.386. The zero-order valence-electron chi connectivity index (χ0n) is 13.3. The smallest absolute Gasteiger partial charge is 0.307 e. The molecule has 1 heterocycles. The average Bonchev–Trinajstić information content (AvgIpc) is 2.37. The maximum absolute atomic E-state index is 11.0. The van der Waals surface area contributed by atoms with Gasteiger partial charge in [0.15, 0.2) is 0 Å². The fourth-order valence-electron chi connectivity index (χ4n) is 2.66. The molecule has 0 aromatic heterocycles. The van der Waals surface area contributed by atoms with Crippen molar-refractivity contribution in [1.82, 2.24) is 9.80 Å². The molecule has 2 unspecified atom stereocenters. The quantitative estimate of drug-likeness (QED) is 0.731. The van der Waals surface area contributed by atoms with E-state index in [-0.39, 0.29) is 12.0 Å². The lowest BCUT2D eigenvalue weighted by Crippen LogP contribution is -2.49. The third-order valence-corrected chi connectivity index (χ3v) is 3.71. The van der Waals surface area contributed by atoms with Gasteiger partial charge in [0.2, 0.25) is 0 Å². The number of likely N-dealkylation sites (N-methyl/N-ethyl adjacent to an activating group) is 1. The first-order chi connectivity index (χ1) is 9.42. The Morgan fingerprint density at radius 3 is 2.70 bits per heavy atom. The first-order valence-electron chi connectivity index (χ1n) is 7.71. The molecule has 1 rings (SSSR count). The lowest BCUT2D eigenvalue weighted by Gasteiger charge is -2.36. The molecule has 0 saturated carbocycles. The molecule has 118 valence electrons. The van der Waals surface area contributed by atoms with E-state index >= 15 is 0 Å². The number of aliphatic carboxylic acids is 1. The maximum Gasteiger partial charge on any atom is 0.307 e. The highest BCUT2D eigenvalue weighted by atomic mass is 16.5. The van der Waals surface area contributed by atoms with Gasteiger partial charge in [-0.05, 0) is 12.5 Å². The molecule has 2 atom stereocenters. The number of nitrogens with zero attached hydrogens (tertiary/aromatic N) is 2. The molecule has 5 nitrogen and oxygen atoms in total. The van der Waals surface area contributed by atoms with E-state index in [1.54, 1.807) is 6.92 Å². The Morgan fingerprint density at radius 1 is 1.45 bits per heavy atom. The third kappa shape index (κ3) is 6.20. The highest BCUT2D eigenvalue weighted by Gasteiger charge is 2.24. The number of ether oxygens (including phenoxy) is 1. The standard InChI is InChI=1S/C15H30N2O3/c1-5-16(9-13(4)15(18)19)10-14-11-17(6-7-20-14)8-12(2)3/h12-14H,5-11H2,1-4H3,(H,18,19). The largest absolute Gasteiger partial charge is 0.481 e. The van der Waals surface area contributed by atoms with Gasteiger partial charge in [-0.2, -0.15) is 0 Å². The van der Waals surface area contributed by atoms with Gasteiger partial charge in [-0.1, -0.05) is 27.7 Å². The number of carbonyl (C=O) groups is 1. The molecule has 20 heavy (non-hydrogen) atoms. The van der Waals surface area contributed by atoms with Gasteiger partial charge in [0.1, 0.15) is 0 Å². The highest BCUT2D eigenvalue weighted by molar-refractivity contribution is 5.69. The fourth-order valence-corrected chi connectivity index (χ4v) is 2.66. The fraction of sp³-hybridized carbons (Fsp3) is 0.933. The van der Waals surface area contributed by atoms with E-state index in [1.165, 1.54) is 0 Å². The zero-order chi connectivity index (χ0) is 15.1. The minimum atomic E-state index is -0.727. The average molecular weight is 286 g/mol. The summed E-state index contributed by atoms with van der Waals surface area (Å²) in [6.45, 7) is 14.4. The Kier molecular flexibility index (Phi) is 7.48. The summed E-state index contributed by atoms with van der Waals surface area (Å²) < 4.78 is 5.83. The number of carboxylic acids is 1. The van der Waals surface area contributed by atoms with Gasteiger partial charge in [-0.15, -0.1) is 0 Å². The van der Waals surface area contributed by atoms with E-state index < -0.39 is 5.97 Å². The van der Waals surface area contributed by atoms with Crippen LogP contribution in [0.15, 0.2) is 0 Å². The lowest BCUT2D eigenvalue weighted by atomic mass is 10.1. The number of hydrogen-bond donors (Lipinski definition) is 1. The van der Waals surface area contributed by atoms with E-state index in [2.05, 4.69) is 30.6 Å². The predicted octanol–water partition coefficient (Wildman–Crippen LogP) is 1.39. The van der Waals surface area contributed by atoms with E-state index in [0.717, 1.165) is 39.3 Å². The van der Waals surface area contributed by atoms with E-state index in [0.29, 0.717) is 12.5 Å². The molecular weight excluding hydrogens is 256 g/mol. The number of hydrogen-bond acceptors (Lipinski definition) is 4. The number of rotatable bonds is 8. The van der Waals surface area contributed by atoms with Crippen LogP contribution in [0.5, 0.6) is 0 Å². The summed E-state index contributed by atoms with van der Waals surface area (Å²) in [7, 11) is 0. The van der Waals surface area contributed by atoms with Crippen LogP contribution in [0.1, 0.15) is 27.7 Å². The Balaban J connectivity index is 2.42. The van der Waals surface area contributed by atoms with Gasteiger partial charge in [0.05, 0.1) is 18.6 Å². The van der Waals surface area contributed by atoms with Crippen molar-refractivity contribution in [2.24, 2.45) is 11.8 Å². The van der Waals surface area contributed by atoms with Crippen molar-refractivity contribution >= 4 is 5.97 Å². The van der Waals surface area contributed by atoms with Crippen molar-refractivity contribution < 1.29 is 14.6 Å². The van der Waals surface area contributed by atoms with Crippen LogP contribution in [-0.2, 0) is 9.53 Å². The summed E-state index contributed by atoms with van der Waals surface area (Å²) in [4.78, 5) is 15.6. The lowest BCUT2D eigenvalue weighted by molar-refractivity contribution is -0.142. The monoisotopic (exact) mass is 286 g/mol. The first-order valence-corrected chi connectivity index (χ1v) is 7.71. The maximum atomic E-state index is 11.0. The molecule has 1 N–H and O–H groups in total. The van der Waals surface area contributed by atoms with Crippen LogP contribution in [0.25, 0.3) is 0 Å². The molecule has 5 heteroatoms. The molecule has 0 radical (unpaired) electrons. The van der Waals surface area contributed by atoms with Gasteiger partial charge in [-0.3, -0.25) is 9.69 Å². The number of morpholine rings is 1. The van der Waals surface area contributed by atoms with Crippen LogP contribution in [0, 0.1) is 11.8 Å². The zero-order valence-corrected chi connectivity index (χ0v) is 13.3. The van der Waals surface area contributed by atoms with Crippen LogP contribution in [0.3, 0.4) is 0 Å². The van der Waals surface area contributed by atoms with Crippen molar-refractivity contribution in [2.75, 3.05) is 45.9 Å². The molecule has 1 fully saturated rings. The van der Waals surface area contributed by atoms with Gasteiger partial charge in [0, 0.05) is 32.7 Å². The van der Waals surface area contributed by atoms with Crippen molar-refractivity contribution in [1.29, 1.82) is 0 Å². The Bertz CT molecular complexity index is 297. The molecule has 0 aromatic carbocycles. The second-order valence-electron chi connectivity index (χ2n) is 6.24. The highest BCUT2D eigenvalue weighted by Crippen LogP contribution is 2.10. The van der Waals surface area contributed by atoms with Crippen LogP contribution in [0.2, 0.25) is 0 Å². The molecule has 0 amide bonds. The van der Waals surface area contributed by atoms with Crippen molar-refractivity contribution in [3.05, 3.63) is 0 Å². The van der Waals surface area contributed by atoms with Crippen LogP contribution in [0.4, 0.5) is 0 Å². The van der Waals surface area contributed by atoms with Crippen molar-refractivity contribution in [2.45, 2.75) is 33.8 Å². The SMILES string of the molecule is CCN(CC1CN(CC(C)C)CCO1)CC(C)C(=O)O. The molecule has 0 aromatic rings. The molecule has 1 aliphatic rings. The first kappa shape index (κ1) is 17.4. The molecule has 1 aliphatic heterocycles. The molecule has 1 saturated heterocycles. The molecule has 0 spiro atoms. The summed E-state index contributed by atoms with van der Waals surface area (Å²) in [6.07, 6.45) is 0.198. The second-order valence-corrected chi connectivity index (χ2v) is 6.24. The van der Waals surface area contributed by atoms with E-state index in [4.69, 9.17) is 9.84 Å². The van der Waals surface area contributed by atoms with Crippen LogP contribution >= 0.6 is 0 Å². The number of carboxylic acid groups (broad SMARTS) is 1. The summed E-state index contributed by atoms with van der Waals surface area (Å²) >= 11 is 0. The molecule has 0 aliphatic carbocycles. The second kappa shape index (κ2) is 8.60. The van der Waals surface area contributed by atoms with Crippen molar-refractivity contribution in [3.8, 4) is 0 Å². The Labute approximate surface area is 122 Å². The molecular formula is C15H30N2O3. The summed E-state index contributed by atoms with van der Waals surface area (Å²) in [6, 6.07) is 0. The van der Waals surface area contributed by atoms with Crippen LogP contribution in [-0.4, -0.2) is 72.9 Å². The van der Waals surface area contributed by atoms with Gasteiger partial charge >= 0.3 is 5.97 Å². The minimum absolute atomic E-state index is 0.198. The Hall–Kier alpha value is -0.650. The van der Waals surface area contributed by atoms with Gasteiger partial charge in [-0.25, -0.2) is 0 Å². The normalized spacial score (nSPS) is 22.4. The topological polar surface area (TPSA) is 53.0 Å². The van der Waals surface area contributed by atoms with Crippen LogP contribution < -0.4 is 0 Å². The summed E-state index contributed by atoms with van der Waals surface area (Å²) in [5, 5.41) is 9.01. The Morgan fingerprint density at radius 2 is 2.15 bits per heavy atom. The van der Waals surface area contributed by atoms with E-state index in [1.807, 2.05) is 0 Å². The van der Waals surface area contributed by atoms with Crippen molar-refractivity contribution in [3.63, 3.8) is 0 Å². The summed E-state index contributed by atoms with van der Waals surface area (Å²) in [5.41, 5.74) is 0. The van der Waals surface area contributed by atoms with Gasteiger partial charge < -0.3 is 14.7 Å². The van der Waals surface area contributed by atoms with Gasteiger partial charge in [0.25, 0.3) is 0 Å². The molecule has 0 bridgehead atoms. The third-order valence-electron chi connectivity index (χ3n) is 3.71.